The van der Waals surface area contributed by atoms with Crippen LogP contribution in [0.4, 0.5) is 5.69 Å². The number of nitrogens with one attached hydrogen (secondary N) is 1. The van der Waals surface area contributed by atoms with Crippen LogP contribution in [0.2, 0.25) is 0 Å². The maximum absolute atomic E-state index is 12.4. The number of carbonyl (C=O) groups is 3. The molecular formula is C18H15IN2O3. The lowest BCUT2D eigenvalue weighted by Gasteiger charge is -2.14. The van der Waals surface area contributed by atoms with Gasteiger partial charge in [-0.3, -0.25) is 19.3 Å². The van der Waals surface area contributed by atoms with Crippen molar-refractivity contribution in [2.45, 2.75) is 13.8 Å². The van der Waals surface area contributed by atoms with Crippen LogP contribution in [0.5, 0.6) is 0 Å². The lowest BCUT2D eigenvalue weighted by Crippen LogP contribution is -2.37. The molecule has 1 heterocycles. The second-order valence-electron chi connectivity index (χ2n) is 5.75. The van der Waals surface area contributed by atoms with Gasteiger partial charge in [-0.15, -0.1) is 0 Å². The fourth-order valence-electron chi connectivity index (χ4n) is 2.65. The summed E-state index contributed by atoms with van der Waals surface area (Å²) in [6, 6.07) is 10.7. The molecule has 0 radical (unpaired) electrons. The molecule has 2 aromatic carbocycles. The van der Waals surface area contributed by atoms with Gasteiger partial charge in [-0.1, -0.05) is 11.6 Å². The Hall–Kier alpha value is -2.22. The number of rotatable bonds is 3. The molecule has 3 amide bonds. The maximum atomic E-state index is 12.4. The number of halogens is 1. The molecule has 122 valence electrons. The van der Waals surface area contributed by atoms with Crippen molar-refractivity contribution in [1.29, 1.82) is 0 Å². The van der Waals surface area contributed by atoms with E-state index in [0.29, 0.717) is 16.8 Å². The van der Waals surface area contributed by atoms with Gasteiger partial charge in [0.05, 0.1) is 11.1 Å². The third-order valence-corrected chi connectivity index (χ3v) is 4.56. The number of aryl methyl sites for hydroxylation is 2. The van der Waals surface area contributed by atoms with Crippen LogP contribution in [0.1, 0.15) is 31.8 Å². The van der Waals surface area contributed by atoms with E-state index in [0.717, 1.165) is 19.6 Å². The van der Waals surface area contributed by atoms with Gasteiger partial charge >= 0.3 is 0 Å². The standard InChI is InChI=1S/C18H15IN2O3/c1-10-3-5-13-14(7-10)18(24)21(17(13)23)9-16(22)20-15-6-4-12(19)8-11(15)2/h3-8H,9H2,1-2H3,(H,20,22). The first-order chi connectivity index (χ1) is 11.4. The molecule has 5 nitrogen and oxygen atoms in total. The average molecular weight is 434 g/mol. The average Bonchev–Trinajstić information content (AvgIpc) is 2.75. The molecule has 2 aromatic rings. The van der Waals surface area contributed by atoms with Crippen LogP contribution in [0.25, 0.3) is 0 Å². The molecule has 0 saturated carbocycles. The predicted octanol–water partition coefficient (Wildman–Crippen LogP) is 3.14. The van der Waals surface area contributed by atoms with Crippen LogP contribution in [-0.2, 0) is 4.79 Å². The number of hydrogen-bond donors (Lipinski definition) is 1. The van der Waals surface area contributed by atoms with E-state index in [1.807, 2.05) is 26.0 Å². The topological polar surface area (TPSA) is 66.5 Å². The maximum Gasteiger partial charge on any atom is 0.262 e. The second kappa shape index (κ2) is 6.35. The fourth-order valence-corrected chi connectivity index (χ4v) is 3.30. The van der Waals surface area contributed by atoms with Crippen molar-refractivity contribution >= 4 is 46.0 Å². The van der Waals surface area contributed by atoms with Crippen molar-refractivity contribution in [3.63, 3.8) is 0 Å². The number of anilines is 1. The van der Waals surface area contributed by atoms with Gasteiger partial charge in [0.2, 0.25) is 5.91 Å². The van der Waals surface area contributed by atoms with Crippen LogP contribution in [-0.4, -0.2) is 29.2 Å². The Labute approximate surface area is 153 Å². The van der Waals surface area contributed by atoms with Crippen LogP contribution in [0.15, 0.2) is 36.4 Å². The van der Waals surface area contributed by atoms with Crippen LogP contribution in [0, 0.1) is 17.4 Å². The lowest BCUT2D eigenvalue weighted by molar-refractivity contribution is -0.116. The largest absolute Gasteiger partial charge is 0.324 e. The third-order valence-electron chi connectivity index (χ3n) is 3.89. The van der Waals surface area contributed by atoms with Crippen molar-refractivity contribution < 1.29 is 14.4 Å². The van der Waals surface area contributed by atoms with Gasteiger partial charge in [0, 0.05) is 9.26 Å². The summed E-state index contributed by atoms with van der Waals surface area (Å²) < 4.78 is 1.07. The fraction of sp³-hybridized carbons (Fsp3) is 0.167. The van der Waals surface area contributed by atoms with E-state index in [9.17, 15) is 14.4 Å². The van der Waals surface area contributed by atoms with Gasteiger partial charge in [0.15, 0.2) is 0 Å². The first-order valence-corrected chi connectivity index (χ1v) is 8.47. The monoisotopic (exact) mass is 434 g/mol. The van der Waals surface area contributed by atoms with Crippen molar-refractivity contribution in [3.8, 4) is 0 Å². The zero-order chi connectivity index (χ0) is 17.4. The highest BCUT2D eigenvalue weighted by atomic mass is 127. The highest BCUT2D eigenvalue weighted by molar-refractivity contribution is 14.1. The summed E-state index contributed by atoms with van der Waals surface area (Å²) in [4.78, 5) is 38.0. The summed E-state index contributed by atoms with van der Waals surface area (Å²) in [5.74, 6) is -1.25. The molecule has 1 aliphatic rings. The number of imide groups is 1. The van der Waals surface area contributed by atoms with Gasteiger partial charge in [-0.25, -0.2) is 0 Å². The van der Waals surface area contributed by atoms with E-state index in [4.69, 9.17) is 0 Å². The first-order valence-electron chi connectivity index (χ1n) is 7.39. The van der Waals surface area contributed by atoms with E-state index < -0.39 is 17.7 Å². The van der Waals surface area contributed by atoms with Crippen molar-refractivity contribution in [3.05, 3.63) is 62.2 Å². The molecule has 0 saturated heterocycles. The number of benzene rings is 2. The number of carbonyl (C=O) groups excluding carboxylic acids is 3. The van der Waals surface area contributed by atoms with Gasteiger partial charge in [0.1, 0.15) is 6.54 Å². The molecule has 1 aliphatic heterocycles. The van der Waals surface area contributed by atoms with Gasteiger partial charge in [-0.05, 0) is 72.3 Å². The molecule has 0 bridgehead atoms. The zero-order valence-electron chi connectivity index (χ0n) is 13.2. The number of fused-ring (bicyclic) bond motifs is 1. The van der Waals surface area contributed by atoms with Crippen molar-refractivity contribution in [2.24, 2.45) is 0 Å². The van der Waals surface area contributed by atoms with E-state index in [2.05, 4.69) is 27.9 Å². The Kier molecular flexibility index (Phi) is 4.40. The number of hydrogen-bond acceptors (Lipinski definition) is 3. The van der Waals surface area contributed by atoms with Gasteiger partial charge in [0.25, 0.3) is 11.8 Å². The normalized spacial score (nSPS) is 13.2. The molecular weight excluding hydrogens is 419 g/mol. The van der Waals surface area contributed by atoms with E-state index in [1.165, 1.54) is 0 Å². The van der Waals surface area contributed by atoms with E-state index >= 15 is 0 Å². The SMILES string of the molecule is Cc1ccc2c(c1)C(=O)N(CC(=O)Nc1ccc(I)cc1C)C2=O. The summed E-state index contributed by atoms with van der Waals surface area (Å²) in [7, 11) is 0. The van der Waals surface area contributed by atoms with Crippen LogP contribution >= 0.6 is 22.6 Å². The molecule has 6 heteroatoms. The molecule has 0 aliphatic carbocycles. The highest BCUT2D eigenvalue weighted by Gasteiger charge is 2.36. The molecule has 24 heavy (non-hydrogen) atoms. The second-order valence-corrected chi connectivity index (χ2v) is 7.00. The third kappa shape index (κ3) is 3.06. The predicted molar refractivity (Wildman–Crippen MR) is 99.1 cm³/mol. The molecule has 0 aromatic heterocycles. The van der Waals surface area contributed by atoms with Crippen LogP contribution in [0.3, 0.4) is 0 Å². The van der Waals surface area contributed by atoms with Crippen molar-refractivity contribution in [1.82, 2.24) is 4.90 Å². The minimum absolute atomic E-state index is 0.295. The molecule has 1 N–H and O–H groups in total. The summed E-state index contributed by atoms with van der Waals surface area (Å²) >= 11 is 2.19. The Balaban J connectivity index is 1.76. The highest BCUT2D eigenvalue weighted by Crippen LogP contribution is 2.24. The molecule has 0 unspecified atom stereocenters. The molecule has 0 fully saturated rings. The summed E-state index contributed by atoms with van der Waals surface area (Å²) in [5, 5.41) is 2.76. The lowest BCUT2D eigenvalue weighted by atomic mass is 10.1. The Morgan fingerprint density at radius 3 is 2.46 bits per heavy atom. The minimum Gasteiger partial charge on any atom is -0.324 e. The number of amides is 3. The smallest absolute Gasteiger partial charge is 0.262 e. The number of nitrogens with zero attached hydrogens (tertiary/aromatic N) is 1. The van der Waals surface area contributed by atoms with Crippen LogP contribution < -0.4 is 5.32 Å². The summed E-state index contributed by atoms with van der Waals surface area (Å²) in [6.07, 6.45) is 0. The minimum atomic E-state index is -0.426. The molecule has 0 atom stereocenters. The summed E-state index contributed by atoms with van der Waals surface area (Å²) in [6.45, 7) is 3.45. The summed E-state index contributed by atoms with van der Waals surface area (Å²) in [5.41, 5.74) is 3.21. The van der Waals surface area contributed by atoms with Crippen molar-refractivity contribution in [2.75, 3.05) is 11.9 Å². The quantitative estimate of drug-likeness (QED) is 0.597. The first kappa shape index (κ1) is 16.6. The van der Waals surface area contributed by atoms with E-state index in [-0.39, 0.29) is 6.54 Å². The van der Waals surface area contributed by atoms with Gasteiger partial charge < -0.3 is 5.32 Å². The Morgan fingerprint density at radius 1 is 1.04 bits per heavy atom. The zero-order valence-corrected chi connectivity index (χ0v) is 15.4. The Bertz CT molecular complexity index is 877. The molecule has 0 spiro atoms. The Morgan fingerprint density at radius 2 is 1.75 bits per heavy atom. The van der Waals surface area contributed by atoms with E-state index in [1.54, 1.807) is 24.3 Å². The molecule has 3 rings (SSSR count). The van der Waals surface area contributed by atoms with Gasteiger partial charge in [-0.2, -0.15) is 0 Å².